The molecule has 0 bridgehead atoms. The molecule has 1 aromatic rings. The number of rotatable bonds is 6. The van der Waals surface area contributed by atoms with Crippen LogP contribution >= 0.6 is 11.6 Å². The molecule has 0 saturated heterocycles. The molecule has 0 aromatic heterocycles. The maximum absolute atomic E-state index is 11.7. The molecule has 0 radical (unpaired) electrons. The van der Waals surface area contributed by atoms with Crippen molar-refractivity contribution in [3.63, 3.8) is 0 Å². The van der Waals surface area contributed by atoms with E-state index in [4.69, 9.17) is 20.5 Å². The van der Waals surface area contributed by atoms with Crippen LogP contribution in [0.15, 0.2) is 36.4 Å². The zero-order chi connectivity index (χ0) is 24.8. The first kappa shape index (κ1) is 27.8. The molecule has 1 aliphatic rings. The van der Waals surface area contributed by atoms with Crippen molar-refractivity contribution in [1.29, 1.82) is 0 Å². The van der Waals surface area contributed by atoms with E-state index in [-0.39, 0.29) is 16.5 Å². The van der Waals surface area contributed by atoms with Gasteiger partial charge in [-0.15, -0.1) is 11.6 Å². The van der Waals surface area contributed by atoms with Crippen molar-refractivity contribution < 1.29 is 19.1 Å². The van der Waals surface area contributed by atoms with Gasteiger partial charge in [-0.25, -0.2) is 0 Å². The molecule has 1 aliphatic carbocycles. The average molecular weight is 499 g/mol. The van der Waals surface area contributed by atoms with Gasteiger partial charge in [0.1, 0.15) is 11.0 Å². The predicted molar refractivity (Wildman–Crippen MR) is 140 cm³/mol. The lowest BCUT2D eigenvalue weighted by atomic mass is 9.77. The number of benzene rings is 1. The molecule has 4 nitrogen and oxygen atoms in total. The van der Waals surface area contributed by atoms with Crippen LogP contribution in [0.3, 0.4) is 0 Å². The fraction of sp³-hybridized carbons (Fsp3) is 0.680. The fourth-order valence-corrected chi connectivity index (χ4v) is 6.87. The minimum absolute atomic E-state index is 0.0738. The quantitative estimate of drug-likeness (QED) is 0.265. The Labute approximate surface area is 202 Å². The molecule has 0 heterocycles. The number of alkyl halides is 1. The highest BCUT2D eigenvalue weighted by atomic mass is 35.5. The van der Waals surface area contributed by atoms with Gasteiger partial charge in [-0.1, -0.05) is 78.0 Å². The van der Waals surface area contributed by atoms with Crippen molar-refractivity contribution in [2.45, 2.75) is 101 Å². The van der Waals surface area contributed by atoms with Crippen molar-refractivity contribution in [2.24, 2.45) is 0 Å². The van der Waals surface area contributed by atoms with Gasteiger partial charge in [0.2, 0.25) is 0 Å². The molecule has 182 valence electrons. The first-order valence-corrected chi connectivity index (χ1v) is 17.7. The summed E-state index contributed by atoms with van der Waals surface area (Å²) >= 11 is 7.11. The van der Waals surface area contributed by atoms with Crippen molar-refractivity contribution in [1.82, 2.24) is 0 Å². The maximum atomic E-state index is 11.7. The van der Waals surface area contributed by atoms with Gasteiger partial charge in [-0.05, 0) is 47.4 Å². The molecule has 0 spiro atoms. The largest absolute Gasteiger partial charge is 0.393 e. The maximum Gasteiger partial charge on any atom is 0.195 e. The van der Waals surface area contributed by atoms with Crippen molar-refractivity contribution in [2.75, 3.05) is 6.61 Å². The summed E-state index contributed by atoms with van der Waals surface area (Å²) in [6.45, 7) is 21.3. The lowest BCUT2D eigenvalue weighted by Crippen LogP contribution is -2.64. The van der Waals surface area contributed by atoms with E-state index in [0.717, 1.165) is 5.56 Å². The summed E-state index contributed by atoms with van der Waals surface area (Å²) in [5.74, 6) is -1.23. The molecule has 0 amide bonds. The van der Waals surface area contributed by atoms with E-state index >= 15 is 0 Å². The number of halogens is 1. The van der Waals surface area contributed by atoms with E-state index in [1.54, 1.807) is 0 Å². The van der Waals surface area contributed by atoms with Crippen LogP contribution in [0.2, 0.25) is 36.3 Å². The summed E-state index contributed by atoms with van der Waals surface area (Å²) in [7, 11) is -4.70. The van der Waals surface area contributed by atoms with Crippen molar-refractivity contribution in [3.05, 3.63) is 42.0 Å². The zero-order valence-corrected chi connectivity index (χ0v) is 24.3. The van der Waals surface area contributed by atoms with Crippen LogP contribution in [0.25, 0.3) is 5.57 Å². The van der Waals surface area contributed by atoms with Gasteiger partial charge in [0, 0.05) is 6.42 Å². The number of hydrogen-bond acceptors (Lipinski definition) is 4. The van der Waals surface area contributed by atoms with Crippen LogP contribution in [0.5, 0.6) is 0 Å². The number of aliphatic hydroxyl groups is 2. The molecule has 0 saturated carbocycles. The normalized spacial score (nSPS) is 24.9. The first-order chi connectivity index (χ1) is 14.3. The van der Waals surface area contributed by atoms with Crippen LogP contribution in [0.4, 0.5) is 0 Å². The van der Waals surface area contributed by atoms with E-state index in [2.05, 4.69) is 67.7 Å². The fourth-order valence-electron chi connectivity index (χ4n) is 3.53. The Morgan fingerprint density at radius 2 is 1.38 bits per heavy atom. The van der Waals surface area contributed by atoms with Crippen LogP contribution in [0.1, 0.15) is 53.5 Å². The molecular weight excluding hydrogens is 456 g/mol. The summed E-state index contributed by atoms with van der Waals surface area (Å²) in [4.78, 5) is 0. The van der Waals surface area contributed by atoms with Gasteiger partial charge in [-0.2, -0.15) is 0 Å². The highest BCUT2D eigenvalue weighted by molar-refractivity contribution is 6.75. The topological polar surface area (TPSA) is 58.9 Å². The predicted octanol–water partition coefficient (Wildman–Crippen LogP) is 6.54. The molecule has 0 aliphatic heterocycles. The Hall–Kier alpha value is -0.476. The SMILES string of the molecule is CC(C)(C)[Si](C)(C)OC1(O[Si](C)(C)C(C)(C)C)CC(O)(CO)C(c2ccccc2)=CC1Cl. The third-order valence-corrected chi connectivity index (χ3v) is 17.0. The number of aliphatic hydroxyl groups excluding tert-OH is 1. The second-order valence-electron chi connectivity index (χ2n) is 12.3. The molecule has 2 rings (SSSR count). The highest BCUT2D eigenvalue weighted by Crippen LogP contribution is 2.52. The average Bonchev–Trinajstić information content (AvgIpc) is 2.63. The van der Waals surface area contributed by atoms with Gasteiger partial charge in [-0.3, -0.25) is 0 Å². The summed E-state index contributed by atoms with van der Waals surface area (Å²) in [6, 6.07) is 9.60. The smallest absolute Gasteiger partial charge is 0.195 e. The molecule has 32 heavy (non-hydrogen) atoms. The second kappa shape index (κ2) is 8.95. The monoisotopic (exact) mass is 498 g/mol. The minimum Gasteiger partial charge on any atom is -0.393 e. The molecule has 1 aromatic carbocycles. The third kappa shape index (κ3) is 5.43. The molecule has 2 N–H and O–H groups in total. The molecule has 0 fully saturated rings. The Kier molecular flexibility index (Phi) is 7.77. The third-order valence-electron chi connectivity index (χ3n) is 7.59. The van der Waals surface area contributed by atoms with Crippen LogP contribution in [-0.4, -0.2) is 50.2 Å². The van der Waals surface area contributed by atoms with Gasteiger partial charge >= 0.3 is 0 Å². The summed E-state index contributed by atoms with van der Waals surface area (Å²) in [5.41, 5.74) is -0.0749. The highest BCUT2D eigenvalue weighted by Gasteiger charge is 2.58. The van der Waals surface area contributed by atoms with E-state index in [9.17, 15) is 10.2 Å². The molecule has 7 heteroatoms. The Bertz CT molecular complexity index is 797. The van der Waals surface area contributed by atoms with Crippen LogP contribution in [-0.2, 0) is 8.85 Å². The van der Waals surface area contributed by atoms with Gasteiger partial charge in [0.05, 0.1) is 6.61 Å². The number of hydrogen-bond donors (Lipinski definition) is 2. The lowest BCUT2D eigenvalue weighted by molar-refractivity contribution is -0.171. The molecule has 2 atom stereocenters. The second-order valence-corrected chi connectivity index (χ2v) is 22.2. The van der Waals surface area contributed by atoms with E-state index in [0.29, 0.717) is 5.57 Å². The summed E-state index contributed by atoms with van der Waals surface area (Å²) < 4.78 is 13.9. The van der Waals surface area contributed by atoms with Crippen LogP contribution in [0, 0.1) is 0 Å². The minimum atomic E-state index is -2.35. The summed E-state index contributed by atoms with van der Waals surface area (Å²) in [5, 5.41) is 21.4. The first-order valence-electron chi connectivity index (χ1n) is 11.5. The Balaban J connectivity index is 2.69. The standard InChI is InChI=1S/C25H43ClO4Si2/c1-22(2,3)31(7,8)29-25(30-32(9,10)23(4,5)6)17-24(28,18-27)20(16-21(25)26)19-14-12-11-13-15-19/h11-16,21,27-28H,17-18H2,1-10H3. The lowest BCUT2D eigenvalue weighted by Gasteiger charge is -2.55. The summed E-state index contributed by atoms with van der Waals surface area (Å²) in [6.07, 6.45) is 1.90. The van der Waals surface area contributed by atoms with E-state index in [1.165, 1.54) is 0 Å². The van der Waals surface area contributed by atoms with Crippen molar-refractivity contribution in [3.8, 4) is 0 Å². The Morgan fingerprint density at radius 3 is 1.75 bits per heavy atom. The van der Waals surface area contributed by atoms with Gasteiger partial charge < -0.3 is 19.1 Å². The van der Waals surface area contributed by atoms with E-state index in [1.807, 2.05) is 36.4 Å². The van der Waals surface area contributed by atoms with E-state index < -0.39 is 40.0 Å². The van der Waals surface area contributed by atoms with Gasteiger partial charge in [0.15, 0.2) is 22.4 Å². The zero-order valence-electron chi connectivity index (χ0n) is 21.5. The van der Waals surface area contributed by atoms with Crippen molar-refractivity contribution >= 4 is 33.8 Å². The van der Waals surface area contributed by atoms with Crippen LogP contribution < -0.4 is 0 Å². The Morgan fingerprint density at radius 1 is 0.938 bits per heavy atom. The molecule has 2 unspecified atom stereocenters. The molecular formula is C25H43ClO4Si2. The van der Waals surface area contributed by atoms with Gasteiger partial charge in [0.25, 0.3) is 0 Å².